The van der Waals surface area contributed by atoms with E-state index >= 15 is 0 Å². The molecule has 0 amide bonds. The Kier molecular flexibility index (Phi) is 4.15. The zero-order valence-electron chi connectivity index (χ0n) is 8.95. The average Bonchev–Trinajstić information content (AvgIpc) is 2.18. The summed E-state index contributed by atoms with van der Waals surface area (Å²) in [5.74, 6) is -0.886. The van der Waals surface area contributed by atoms with Gasteiger partial charge in [0.1, 0.15) is 12.0 Å². The van der Waals surface area contributed by atoms with Crippen LogP contribution in [0.4, 0.5) is 8.78 Å². The highest BCUT2D eigenvalue weighted by atomic mass is 19.1. The summed E-state index contributed by atoms with van der Waals surface area (Å²) in [6, 6.07) is 1.37. The fourth-order valence-corrected chi connectivity index (χ4v) is 1.57. The molecule has 0 radical (unpaired) electrons. The van der Waals surface area contributed by atoms with Crippen LogP contribution in [0.25, 0.3) is 0 Å². The lowest BCUT2D eigenvalue weighted by molar-refractivity contribution is 0.184. The standard InChI is InChI=1S/C11H16F2N2/c1-7(2)9(5-14)11(13)8-3-4-15-6-10(8)12/h3-4,6-7,9,11H,5,14H2,1-2H3. The fourth-order valence-electron chi connectivity index (χ4n) is 1.57. The van der Waals surface area contributed by atoms with Crippen molar-refractivity contribution in [3.63, 3.8) is 0 Å². The maximum Gasteiger partial charge on any atom is 0.147 e. The second-order valence-electron chi connectivity index (χ2n) is 3.94. The second-order valence-corrected chi connectivity index (χ2v) is 3.94. The monoisotopic (exact) mass is 214 g/mol. The molecule has 2 unspecified atom stereocenters. The summed E-state index contributed by atoms with van der Waals surface area (Å²) in [5, 5.41) is 0. The SMILES string of the molecule is CC(C)C(CN)C(F)c1ccncc1F. The molecule has 4 heteroatoms. The molecule has 1 aromatic rings. The van der Waals surface area contributed by atoms with Gasteiger partial charge in [0.25, 0.3) is 0 Å². The van der Waals surface area contributed by atoms with Crippen molar-refractivity contribution >= 4 is 0 Å². The average molecular weight is 214 g/mol. The summed E-state index contributed by atoms with van der Waals surface area (Å²) < 4.78 is 27.2. The molecule has 0 aliphatic heterocycles. The molecule has 2 nitrogen and oxygen atoms in total. The third kappa shape index (κ3) is 2.72. The van der Waals surface area contributed by atoms with Crippen LogP contribution in [-0.4, -0.2) is 11.5 Å². The Bertz CT molecular complexity index is 315. The van der Waals surface area contributed by atoms with Crippen molar-refractivity contribution in [3.8, 4) is 0 Å². The van der Waals surface area contributed by atoms with Gasteiger partial charge < -0.3 is 5.73 Å². The van der Waals surface area contributed by atoms with E-state index in [-0.39, 0.29) is 23.9 Å². The minimum atomic E-state index is -1.36. The molecule has 0 saturated heterocycles. The molecule has 2 N–H and O–H groups in total. The molecule has 0 aliphatic rings. The van der Waals surface area contributed by atoms with E-state index in [1.54, 1.807) is 0 Å². The number of nitrogens with zero attached hydrogens (tertiary/aromatic N) is 1. The van der Waals surface area contributed by atoms with Gasteiger partial charge in [-0.1, -0.05) is 13.8 Å². The first-order valence-corrected chi connectivity index (χ1v) is 5.01. The maximum absolute atomic E-state index is 14.0. The van der Waals surface area contributed by atoms with Crippen LogP contribution in [0.5, 0.6) is 0 Å². The van der Waals surface area contributed by atoms with Crippen molar-refractivity contribution in [2.45, 2.75) is 20.0 Å². The van der Waals surface area contributed by atoms with Crippen molar-refractivity contribution < 1.29 is 8.78 Å². The molecule has 1 rings (SSSR count). The Morgan fingerprint density at radius 2 is 2.13 bits per heavy atom. The predicted molar refractivity (Wildman–Crippen MR) is 55.4 cm³/mol. The van der Waals surface area contributed by atoms with Gasteiger partial charge in [-0.3, -0.25) is 4.98 Å². The van der Waals surface area contributed by atoms with Gasteiger partial charge >= 0.3 is 0 Å². The number of halogens is 2. The van der Waals surface area contributed by atoms with Crippen molar-refractivity contribution in [2.24, 2.45) is 17.6 Å². The van der Waals surface area contributed by atoms with Crippen LogP contribution >= 0.6 is 0 Å². The number of nitrogens with two attached hydrogens (primary N) is 1. The number of aromatic nitrogens is 1. The van der Waals surface area contributed by atoms with E-state index in [0.717, 1.165) is 6.20 Å². The van der Waals surface area contributed by atoms with E-state index in [0.29, 0.717) is 0 Å². The van der Waals surface area contributed by atoms with Crippen molar-refractivity contribution in [1.82, 2.24) is 4.98 Å². The predicted octanol–water partition coefficient (Wildman–Crippen LogP) is 2.46. The minimum Gasteiger partial charge on any atom is -0.330 e. The first kappa shape index (κ1) is 12.0. The Morgan fingerprint density at radius 3 is 2.60 bits per heavy atom. The topological polar surface area (TPSA) is 38.9 Å². The largest absolute Gasteiger partial charge is 0.330 e. The summed E-state index contributed by atoms with van der Waals surface area (Å²) in [4.78, 5) is 3.58. The van der Waals surface area contributed by atoms with E-state index in [2.05, 4.69) is 4.98 Å². The zero-order chi connectivity index (χ0) is 11.4. The van der Waals surface area contributed by atoms with Crippen LogP contribution in [0.1, 0.15) is 25.6 Å². The van der Waals surface area contributed by atoms with E-state index in [1.807, 2.05) is 13.8 Å². The van der Waals surface area contributed by atoms with E-state index in [9.17, 15) is 8.78 Å². The molecule has 0 bridgehead atoms. The molecule has 15 heavy (non-hydrogen) atoms. The number of pyridine rings is 1. The quantitative estimate of drug-likeness (QED) is 0.836. The Labute approximate surface area is 88.5 Å². The van der Waals surface area contributed by atoms with Crippen molar-refractivity contribution in [2.75, 3.05) is 6.54 Å². The summed E-state index contributed by atoms with van der Waals surface area (Å²) >= 11 is 0. The van der Waals surface area contributed by atoms with Gasteiger partial charge in [0.2, 0.25) is 0 Å². The van der Waals surface area contributed by atoms with Crippen LogP contribution < -0.4 is 5.73 Å². The van der Waals surface area contributed by atoms with Crippen LogP contribution in [0, 0.1) is 17.7 Å². The highest BCUT2D eigenvalue weighted by Gasteiger charge is 2.26. The van der Waals surface area contributed by atoms with E-state index < -0.39 is 12.0 Å². The molecule has 0 aliphatic carbocycles. The van der Waals surface area contributed by atoms with Crippen LogP contribution in [-0.2, 0) is 0 Å². The summed E-state index contributed by atoms with van der Waals surface area (Å²) in [7, 11) is 0. The highest BCUT2D eigenvalue weighted by Crippen LogP contribution is 2.31. The molecule has 2 atom stereocenters. The lowest BCUT2D eigenvalue weighted by atomic mass is 9.88. The molecule has 0 saturated carbocycles. The third-order valence-electron chi connectivity index (χ3n) is 2.61. The van der Waals surface area contributed by atoms with Crippen molar-refractivity contribution in [3.05, 3.63) is 29.8 Å². The molecular formula is C11H16F2N2. The first-order valence-electron chi connectivity index (χ1n) is 5.01. The lowest BCUT2D eigenvalue weighted by Crippen LogP contribution is -2.25. The fraction of sp³-hybridized carbons (Fsp3) is 0.545. The Balaban J connectivity index is 2.92. The third-order valence-corrected chi connectivity index (χ3v) is 2.61. The molecule has 1 heterocycles. The van der Waals surface area contributed by atoms with Gasteiger partial charge in [-0.05, 0) is 18.5 Å². The zero-order valence-corrected chi connectivity index (χ0v) is 8.95. The normalized spacial score (nSPS) is 15.3. The second kappa shape index (κ2) is 5.16. The van der Waals surface area contributed by atoms with Gasteiger partial charge in [0.15, 0.2) is 0 Å². The van der Waals surface area contributed by atoms with Crippen molar-refractivity contribution in [1.29, 1.82) is 0 Å². The molecule has 0 fully saturated rings. The molecular weight excluding hydrogens is 198 g/mol. The lowest BCUT2D eigenvalue weighted by Gasteiger charge is -2.23. The number of rotatable bonds is 4. The van der Waals surface area contributed by atoms with Gasteiger partial charge in [-0.2, -0.15) is 0 Å². The van der Waals surface area contributed by atoms with Crippen LogP contribution in [0.15, 0.2) is 18.5 Å². The molecule has 0 spiro atoms. The molecule has 0 aromatic carbocycles. The van der Waals surface area contributed by atoms with Gasteiger partial charge in [-0.15, -0.1) is 0 Å². The van der Waals surface area contributed by atoms with Crippen LogP contribution in [0.2, 0.25) is 0 Å². The minimum absolute atomic E-state index is 0.0501. The van der Waals surface area contributed by atoms with Gasteiger partial charge in [0, 0.05) is 17.7 Å². The first-order chi connectivity index (χ1) is 7.07. The Hall–Kier alpha value is -1.03. The Morgan fingerprint density at radius 1 is 1.47 bits per heavy atom. The molecule has 84 valence electrons. The summed E-state index contributed by atoms with van der Waals surface area (Å²) in [6.45, 7) is 3.97. The van der Waals surface area contributed by atoms with Crippen LogP contribution in [0.3, 0.4) is 0 Å². The maximum atomic E-state index is 14.0. The van der Waals surface area contributed by atoms with E-state index in [4.69, 9.17) is 5.73 Å². The molecule has 1 aromatic heterocycles. The smallest absolute Gasteiger partial charge is 0.147 e. The van der Waals surface area contributed by atoms with Gasteiger partial charge in [-0.25, -0.2) is 8.78 Å². The number of alkyl halides is 1. The highest BCUT2D eigenvalue weighted by molar-refractivity contribution is 5.16. The number of hydrogen-bond donors (Lipinski definition) is 1. The number of hydrogen-bond acceptors (Lipinski definition) is 2. The summed E-state index contributed by atoms with van der Waals surface area (Å²) in [6.07, 6.45) is 1.05. The van der Waals surface area contributed by atoms with Gasteiger partial charge in [0.05, 0.1) is 6.20 Å². The summed E-state index contributed by atoms with van der Waals surface area (Å²) in [5.41, 5.74) is 5.53. The van der Waals surface area contributed by atoms with E-state index in [1.165, 1.54) is 12.3 Å².